The van der Waals surface area contributed by atoms with E-state index in [4.69, 9.17) is 0 Å². The first-order valence-electron chi connectivity index (χ1n) is 10.2. The van der Waals surface area contributed by atoms with Crippen LogP contribution in [0.25, 0.3) is 0 Å². The van der Waals surface area contributed by atoms with Crippen molar-refractivity contribution in [2.24, 2.45) is 0 Å². The molecule has 2 aromatic carbocycles. The Labute approximate surface area is 167 Å². The van der Waals surface area contributed by atoms with Crippen molar-refractivity contribution in [2.75, 3.05) is 20.1 Å². The first-order chi connectivity index (χ1) is 13.5. The molecule has 4 nitrogen and oxygen atoms in total. The number of likely N-dealkylation sites (tertiary alicyclic amines) is 1. The lowest BCUT2D eigenvalue weighted by molar-refractivity contribution is 0.0553. The average molecular weight is 377 g/mol. The van der Waals surface area contributed by atoms with Gasteiger partial charge in [0.05, 0.1) is 5.56 Å². The molecule has 1 saturated heterocycles. The van der Waals surface area contributed by atoms with Gasteiger partial charge in [0, 0.05) is 31.2 Å². The maximum Gasteiger partial charge on any atom is 0.254 e. The van der Waals surface area contributed by atoms with Gasteiger partial charge < -0.3 is 4.90 Å². The Bertz CT molecular complexity index is 867. The second kappa shape index (κ2) is 7.88. The van der Waals surface area contributed by atoms with Crippen LogP contribution < -0.4 is 0 Å². The summed E-state index contributed by atoms with van der Waals surface area (Å²) in [5.74, 6) is -0.112. The van der Waals surface area contributed by atoms with E-state index in [2.05, 4.69) is 29.2 Å². The van der Waals surface area contributed by atoms with Gasteiger partial charge in [-0.3, -0.25) is 14.5 Å². The molecule has 2 aromatic rings. The van der Waals surface area contributed by atoms with Gasteiger partial charge in [0.2, 0.25) is 0 Å². The Morgan fingerprint density at radius 2 is 1.57 bits per heavy atom. The number of hydrogen-bond acceptors (Lipinski definition) is 3. The second-order valence-corrected chi connectivity index (χ2v) is 8.14. The number of hydrogen-bond donors (Lipinski definition) is 0. The fourth-order valence-corrected chi connectivity index (χ4v) is 4.76. The van der Waals surface area contributed by atoms with Gasteiger partial charge in [0.1, 0.15) is 0 Å². The van der Waals surface area contributed by atoms with Gasteiger partial charge in [0.15, 0.2) is 5.78 Å². The standard InChI is InChI=1S/C24H28N2O2/c1-17(27)22-11-5-6-12-23(22)24(28)25(2)20-10-7-13-26(16-20)21-14-18-8-3-4-9-19(18)15-21/h3-6,8-9,11-12,20-21H,7,10,13-16H2,1-2H3. The molecule has 146 valence electrons. The Balaban J connectivity index is 1.46. The molecule has 1 aliphatic carbocycles. The van der Waals surface area contributed by atoms with Crippen LogP contribution in [0.2, 0.25) is 0 Å². The highest BCUT2D eigenvalue weighted by atomic mass is 16.2. The zero-order valence-corrected chi connectivity index (χ0v) is 16.7. The largest absolute Gasteiger partial charge is 0.337 e. The van der Waals surface area contributed by atoms with Crippen molar-refractivity contribution >= 4 is 11.7 Å². The number of amides is 1. The van der Waals surface area contributed by atoms with Crippen LogP contribution in [0.15, 0.2) is 48.5 Å². The molecule has 4 rings (SSSR count). The van der Waals surface area contributed by atoms with Gasteiger partial charge in [-0.1, -0.05) is 42.5 Å². The first kappa shape index (κ1) is 18.9. The van der Waals surface area contributed by atoms with Crippen molar-refractivity contribution in [2.45, 2.75) is 44.7 Å². The van der Waals surface area contributed by atoms with Crippen LogP contribution in [-0.2, 0) is 12.8 Å². The maximum absolute atomic E-state index is 13.1. The highest BCUT2D eigenvalue weighted by molar-refractivity contribution is 6.07. The van der Waals surface area contributed by atoms with E-state index in [0.29, 0.717) is 17.2 Å². The quantitative estimate of drug-likeness (QED) is 0.766. The maximum atomic E-state index is 13.1. The molecule has 0 radical (unpaired) electrons. The Morgan fingerprint density at radius 1 is 0.964 bits per heavy atom. The number of carbonyl (C=O) groups is 2. The van der Waals surface area contributed by atoms with Crippen LogP contribution >= 0.6 is 0 Å². The van der Waals surface area contributed by atoms with Crippen LogP contribution in [-0.4, -0.2) is 53.7 Å². The summed E-state index contributed by atoms with van der Waals surface area (Å²) in [6.45, 7) is 3.52. The summed E-state index contributed by atoms with van der Waals surface area (Å²) in [4.78, 5) is 29.5. The number of carbonyl (C=O) groups excluding carboxylic acids is 2. The molecule has 0 saturated carbocycles. The lowest BCUT2D eigenvalue weighted by Gasteiger charge is -2.40. The van der Waals surface area contributed by atoms with Gasteiger partial charge in [-0.05, 0) is 56.3 Å². The molecular formula is C24H28N2O2. The van der Waals surface area contributed by atoms with E-state index in [1.54, 1.807) is 12.1 Å². The summed E-state index contributed by atoms with van der Waals surface area (Å²) in [7, 11) is 1.89. The molecule has 1 amide bonds. The van der Waals surface area contributed by atoms with Crippen molar-refractivity contribution in [3.05, 3.63) is 70.8 Å². The summed E-state index contributed by atoms with van der Waals surface area (Å²) in [6, 6.07) is 16.6. The minimum atomic E-state index is -0.0636. The molecule has 1 heterocycles. The molecule has 0 aromatic heterocycles. The lowest BCUT2D eigenvalue weighted by atomic mass is 9.99. The molecule has 0 spiro atoms. The first-order valence-corrected chi connectivity index (χ1v) is 10.2. The molecule has 1 aliphatic heterocycles. The van der Waals surface area contributed by atoms with Gasteiger partial charge in [-0.25, -0.2) is 0 Å². The molecule has 28 heavy (non-hydrogen) atoms. The molecule has 1 atom stereocenters. The molecule has 1 fully saturated rings. The predicted octanol–water partition coefficient (Wildman–Crippen LogP) is 3.59. The van der Waals surface area contributed by atoms with Gasteiger partial charge >= 0.3 is 0 Å². The van der Waals surface area contributed by atoms with Crippen LogP contribution in [0.4, 0.5) is 0 Å². The average Bonchev–Trinajstić information content (AvgIpc) is 3.17. The molecule has 1 unspecified atom stereocenters. The number of Topliss-reactive ketones (excluding diaryl/α,β-unsaturated/α-hetero) is 1. The van der Waals surface area contributed by atoms with Crippen LogP contribution in [0.3, 0.4) is 0 Å². The van der Waals surface area contributed by atoms with Gasteiger partial charge in [-0.2, -0.15) is 0 Å². The monoisotopic (exact) mass is 376 g/mol. The van der Waals surface area contributed by atoms with Crippen LogP contribution in [0, 0.1) is 0 Å². The number of benzene rings is 2. The van der Waals surface area contributed by atoms with Crippen molar-refractivity contribution in [3.8, 4) is 0 Å². The topological polar surface area (TPSA) is 40.6 Å². The van der Waals surface area contributed by atoms with E-state index in [9.17, 15) is 9.59 Å². The van der Waals surface area contributed by atoms with Crippen molar-refractivity contribution in [1.29, 1.82) is 0 Å². The van der Waals surface area contributed by atoms with Crippen LogP contribution in [0.1, 0.15) is 51.6 Å². The molecule has 4 heteroatoms. The minimum Gasteiger partial charge on any atom is -0.337 e. The lowest BCUT2D eigenvalue weighted by Crippen LogP contribution is -2.51. The molecular weight excluding hydrogens is 348 g/mol. The fourth-order valence-electron chi connectivity index (χ4n) is 4.76. The zero-order valence-electron chi connectivity index (χ0n) is 16.7. The van der Waals surface area contributed by atoms with E-state index in [1.165, 1.54) is 18.1 Å². The van der Waals surface area contributed by atoms with Crippen molar-refractivity contribution < 1.29 is 9.59 Å². The molecule has 0 N–H and O–H groups in total. The fraction of sp³-hybridized carbons (Fsp3) is 0.417. The Morgan fingerprint density at radius 3 is 2.21 bits per heavy atom. The third-order valence-corrected chi connectivity index (χ3v) is 6.38. The minimum absolute atomic E-state index is 0.0487. The third-order valence-electron chi connectivity index (χ3n) is 6.38. The van der Waals surface area contributed by atoms with Crippen molar-refractivity contribution in [1.82, 2.24) is 9.80 Å². The van der Waals surface area contributed by atoms with Gasteiger partial charge in [0.25, 0.3) is 5.91 Å². The summed E-state index contributed by atoms with van der Waals surface area (Å²) in [5, 5.41) is 0. The van der Waals surface area contributed by atoms with E-state index in [-0.39, 0.29) is 17.7 Å². The predicted molar refractivity (Wildman–Crippen MR) is 111 cm³/mol. The third kappa shape index (κ3) is 3.61. The number of fused-ring (bicyclic) bond motifs is 1. The molecule has 2 aliphatic rings. The van der Waals surface area contributed by atoms with Gasteiger partial charge in [-0.15, -0.1) is 0 Å². The number of ketones is 1. The highest BCUT2D eigenvalue weighted by Crippen LogP contribution is 2.28. The van der Waals surface area contributed by atoms with E-state index in [0.717, 1.165) is 38.8 Å². The SMILES string of the molecule is CC(=O)c1ccccc1C(=O)N(C)C1CCCN(C2Cc3ccccc3C2)C1. The van der Waals surface area contributed by atoms with Crippen LogP contribution in [0.5, 0.6) is 0 Å². The summed E-state index contributed by atoms with van der Waals surface area (Å²) < 4.78 is 0. The second-order valence-electron chi connectivity index (χ2n) is 8.14. The van der Waals surface area contributed by atoms with E-state index < -0.39 is 0 Å². The number of piperidine rings is 1. The molecule has 0 bridgehead atoms. The van der Waals surface area contributed by atoms with Crippen molar-refractivity contribution in [3.63, 3.8) is 0 Å². The summed E-state index contributed by atoms with van der Waals surface area (Å²) in [6.07, 6.45) is 4.32. The Kier molecular flexibility index (Phi) is 5.31. The Hall–Kier alpha value is -2.46. The smallest absolute Gasteiger partial charge is 0.254 e. The number of rotatable bonds is 4. The zero-order chi connectivity index (χ0) is 19.7. The summed E-state index contributed by atoms with van der Waals surface area (Å²) >= 11 is 0. The highest BCUT2D eigenvalue weighted by Gasteiger charge is 2.33. The van der Waals surface area contributed by atoms with E-state index >= 15 is 0 Å². The summed E-state index contributed by atoms with van der Waals surface area (Å²) in [5.41, 5.74) is 3.96. The van der Waals surface area contributed by atoms with E-state index in [1.807, 2.05) is 24.1 Å². The normalized spacial score (nSPS) is 20.0. The number of nitrogens with zero attached hydrogens (tertiary/aromatic N) is 2. The number of likely N-dealkylation sites (N-methyl/N-ethyl adjacent to an activating group) is 1.